The molecule has 2 atom stereocenters. The van der Waals surface area contributed by atoms with Crippen molar-refractivity contribution in [2.24, 2.45) is 7.05 Å². The van der Waals surface area contributed by atoms with Gasteiger partial charge in [0.2, 0.25) is 0 Å². The van der Waals surface area contributed by atoms with Gasteiger partial charge < -0.3 is 24.3 Å². The number of nitrogens with zero attached hydrogens (tertiary/aromatic N) is 5. The average Bonchev–Trinajstić information content (AvgIpc) is 3.30. The minimum absolute atomic E-state index is 0.215. The zero-order valence-electron chi connectivity index (χ0n) is 25.5. The Kier molecular flexibility index (Phi) is 8.80. The number of nitrogens with one attached hydrogen (secondary N) is 1. The van der Waals surface area contributed by atoms with E-state index in [0.717, 1.165) is 33.7 Å². The molecule has 1 saturated heterocycles. The molecule has 1 aromatic carbocycles. The minimum Gasteiger partial charge on any atom is -0.447 e. The van der Waals surface area contributed by atoms with Crippen molar-refractivity contribution in [2.45, 2.75) is 58.4 Å². The fourth-order valence-corrected chi connectivity index (χ4v) is 5.78. The molecule has 2 aromatic heterocycles. The van der Waals surface area contributed by atoms with Crippen molar-refractivity contribution >= 4 is 35.4 Å². The van der Waals surface area contributed by atoms with Crippen LogP contribution in [-0.2, 0) is 16.5 Å². The molecule has 0 radical (unpaired) electrons. The zero-order valence-corrected chi connectivity index (χ0v) is 26.3. The predicted molar refractivity (Wildman–Crippen MR) is 165 cm³/mol. The molecular formula is C32H39ClN6O4. The molecule has 3 heterocycles. The van der Waals surface area contributed by atoms with Crippen LogP contribution in [0, 0.1) is 0 Å². The second-order valence-electron chi connectivity index (χ2n) is 12.2. The number of carbonyl (C=O) groups is 2. The highest BCUT2D eigenvalue weighted by molar-refractivity contribution is 6.30. The summed E-state index contributed by atoms with van der Waals surface area (Å²) in [5.41, 5.74) is 4.78. The van der Waals surface area contributed by atoms with Gasteiger partial charge in [0.05, 0.1) is 42.1 Å². The zero-order chi connectivity index (χ0) is 30.9. The topological polar surface area (TPSA) is 102 Å². The van der Waals surface area contributed by atoms with Gasteiger partial charge in [-0.25, -0.2) is 14.6 Å². The first-order chi connectivity index (χ1) is 20.4. The molecule has 2 aliphatic rings. The highest BCUT2D eigenvalue weighted by Gasteiger charge is 2.36. The number of benzene rings is 1. The Bertz CT molecular complexity index is 1520. The van der Waals surface area contributed by atoms with E-state index >= 15 is 0 Å². The van der Waals surface area contributed by atoms with E-state index in [1.165, 1.54) is 0 Å². The van der Waals surface area contributed by atoms with Crippen LogP contribution in [0.3, 0.4) is 0 Å². The lowest BCUT2D eigenvalue weighted by molar-refractivity contribution is 0.0118. The molecule has 228 valence electrons. The number of aryl methyl sites for hydroxylation is 1. The Morgan fingerprint density at radius 2 is 1.86 bits per heavy atom. The molecule has 10 nitrogen and oxygen atoms in total. The smallest absolute Gasteiger partial charge is 0.410 e. The molecule has 5 rings (SSSR count). The molecule has 1 N–H and O–H groups in total. The van der Waals surface area contributed by atoms with Crippen molar-refractivity contribution < 1.29 is 19.1 Å². The molecule has 0 saturated carbocycles. The van der Waals surface area contributed by atoms with Crippen molar-refractivity contribution in [3.05, 3.63) is 82.2 Å². The Morgan fingerprint density at radius 3 is 2.51 bits per heavy atom. The first-order valence-corrected chi connectivity index (χ1v) is 14.9. The van der Waals surface area contributed by atoms with E-state index in [-0.39, 0.29) is 18.2 Å². The number of hydrogen-bond acceptors (Lipinski definition) is 7. The lowest BCUT2D eigenvalue weighted by Crippen LogP contribution is -2.51. The van der Waals surface area contributed by atoms with Crippen molar-refractivity contribution in [3.63, 3.8) is 0 Å². The summed E-state index contributed by atoms with van der Waals surface area (Å²) in [6, 6.07) is 9.00. The van der Waals surface area contributed by atoms with Gasteiger partial charge >= 0.3 is 12.2 Å². The summed E-state index contributed by atoms with van der Waals surface area (Å²) in [5, 5.41) is 3.66. The van der Waals surface area contributed by atoms with Crippen LogP contribution >= 0.6 is 11.6 Å². The Morgan fingerprint density at radius 1 is 1.12 bits per heavy atom. The van der Waals surface area contributed by atoms with E-state index < -0.39 is 17.7 Å². The highest BCUT2D eigenvalue weighted by Crippen LogP contribution is 2.44. The summed E-state index contributed by atoms with van der Waals surface area (Å²) in [6.07, 6.45) is 6.20. The summed E-state index contributed by atoms with van der Waals surface area (Å²) in [6.45, 7) is 11.5. The molecule has 3 aromatic rings. The number of carbonyl (C=O) groups excluding carboxylic acids is 2. The van der Waals surface area contributed by atoms with Crippen LogP contribution in [0.2, 0.25) is 5.02 Å². The molecule has 1 aliphatic heterocycles. The molecule has 0 unspecified atom stereocenters. The largest absolute Gasteiger partial charge is 0.447 e. The van der Waals surface area contributed by atoms with Gasteiger partial charge in [-0.2, -0.15) is 0 Å². The number of halogens is 1. The van der Waals surface area contributed by atoms with Crippen molar-refractivity contribution in [2.75, 3.05) is 26.2 Å². The van der Waals surface area contributed by atoms with Gasteiger partial charge in [-0.05, 0) is 81.2 Å². The van der Waals surface area contributed by atoms with E-state index in [4.69, 9.17) is 26.1 Å². The van der Waals surface area contributed by atoms with Crippen molar-refractivity contribution in [3.8, 4) is 0 Å². The third-order valence-electron chi connectivity index (χ3n) is 7.46. The number of aromatic nitrogens is 3. The molecule has 1 fully saturated rings. The summed E-state index contributed by atoms with van der Waals surface area (Å²) < 4.78 is 13.0. The van der Waals surface area contributed by atoms with Crippen LogP contribution in [0.1, 0.15) is 74.8 Å². The normalized spacial score (nSPS) is 17.8. The van der Waals surface area contributed by atoms with Crippen LogP contribution in [0.25, 0.3) is 11.6 Å². The summed E-state index contributed by atoms with van der Waals surface area (Å²) in [4.78, 5) is 39.1. The number of fused-ring (bicyclic) bond motifs is 2. The number of piperazine rings is 1. The number of rotatable bonds is 5. The first-order valence-electron chi connectivity index (χ1n) is 14.5. The fraction of sp³-hybridized carbons (Fsp3) is 0.438. The van der Waals surface area contributed by atoms with Gasteiger partial charge in [-0.3, -0.25) is 9.88 Å². The molecule has 1 aliphatic carbocycles. The van der Waals surface area contributed by atoms with Crippen LogP contribution in [-0.4, -0.2) is 74.4 Å². The molecule has 11 heteroatoms. The number of pyridine rings is 1. The SMILES string of the molecule is CC(C)OC(=O)N[C@H](C1=Cc2cccnc2[C@@H](N2CCN(C(=O)OC(C)(C)C)CC2)c2ccc(Cl)cc21)c1cncn1C. The summed E-state index contributed by atoms with van der Waals surface area (Å²) >= 11 is 6.64. The maximum absolute atomic E-state index is 13.0. The Labute approximate surface area is 257 Å². The molecular weight excluding hydrogens is 568 g/mol. The maximum atomic E-state index is 13.0. The number of imidazole rings is 1. The number of alkyl carbamates (subject to hydrolysis) is 1. The van der Waals surface area contributed by atoms with Gasteiger partial charge in [-0.15, -0.1) is 0 Å². The van der Waals surface area contributed by atoms with E-state index in [9.17, 15) is 9.59 Å². The lowest BCUT2D eigenvalue weighted by Gasteiger charge is -2.40. The van der Waals surface area contributed by atoms with Gasteiger partial charge in [0, 0.05) is 44.4 Å². The fourth-order valence-electron chi connectivity index (χ4n) is 5.61. The number of hydrogen-bond donors (Lipinski definition) is 1. The van der Waals surface area contributed by atoms with Crippen LogP contribution in [0.4, 0.5) is 9.59 Å². The molecule has 0 bridgehead atoms. The quantitative estimate of drug-likeness (QED) is 0.389. The average molecular weight is 607 g/mol. The van der Waals surface area contributed by atoms with Crippen molar-refractivity contribution in [1.82, 2.24) is 29.7 Å². The third kappa shape index (κ3) is 6.86. The third-order valence-corrected chi connectivity index (χ3v) is 7.69. The number of ether oxygens (including phenoxy) is 2. The second kappa shape index (κ2) is 12.4. The molecule has 0 spiro atoms. The summed E-state index contributed by atoms with van der Waals surface area (Å²) in [5.74, 6) is 0. The highest BCUT2D eigenvalue weighted by atomic mass is 35.5. The second-order valence-corrected chi connectivity index (χ2v) is 12.6. The summed E-state index contributed by atoms with van der Waals surface area (Å²) in [7, 11) is 1.89. The van der Waals surface area contributed by atoms with E-state index in [2.05, 4.69) is 21.3 Å². The van der Waals surface area contributed by atoms with Crippen molar-refractivity contribution in [1.29, 1.82) is 0 Å². The maximum Gasteiger partial charge on any atom is 0.410 e. The van der Waals surface area contributed by atoms with Gasteiger partial charge in [0.25, 0.3) is 0 Å². The lowest BCUT2D eigenvalue weighted by atomic mass is 9.90. The van der Waals surface area contributed by atoms with Crippen LogP contribution in [0.15, 0.2) is 49.1 Å². The van der Waals surface area contributed by atoms with Crippen LogP contribution in [0.5, 0.6) is 0 Å². The standard InChI is InChI=1S/C32H39ClN6O4/c1-20(2)42-30(40)36-28(26-18-34-19-37(26)6)25-16-21-8-7-11-35-27(21)29(23-10-9-22(33)17-24(23)25)38-12-14-39(15-13-38)31(41)43-32(3,4)5/h7-11,16-20,28-29H,12-15H2,1-6H3,(H,36,40)/t28-,29+/m1/s1. The van der Waals surface area contributed by atoms with Gasteiger partial charge in [-0.1, -0.05) is 23.7 Å². The van der Waals surface area contributed by atoms with E-state index in [0.29, 0.717) is 31.2 Å². The molecule has 2 amide bonds. The predicted octanol–water partition coefficient (Wildman–Crippen LogP) is 5.84. The van der Waals surface area contributed by atoms with Crippen LogP contribution < -0.4 is 5.32 Å². The van der Waals surface area contributed by atoms with E-state index in [1.807, 2.05) is 76.6 Å². The monoisotopic (exact) mass is 606 g/mol. The van der Waals surface area contributed by atoms with Gasteiger partial charge in [0.1, 0.15) is 5.60 Å². The first kappa shape index (κ1) is 30.6. The Hall–Kier alpha value is -3.89. The number of amides is 2. The van der Waals surface area contributed by atoms with E-state index in [1.54, 1.807) is 23.6 Å². The van der Waals surface area contributed by atoms with Gasteiger partial charge in [0.15, 0.2) is 0 Å². The Balaban J connectivity index is 1.57. The molecule has 43 heavy (non-hydrogen) atoms. The minimum atomic E-state index is -0.591.